The van der Waals surface area contributed by atoms with Crippen molar-refractivity contribution in [3.05, 3.63) is 29.6 Å². The van der Waals surface area contributed by atoms with Crippen molar-refractivity contribution in [1.82, 2.24) is 10.1 Å². The molecule has 0 spiro atoms. The van der Waals surface area contributed by atoms with Gasteiger partial charge in [0.15, 0.2) is 5.82 Å². The van der Waals surface area contributed by atoms with E-state index in [0.717, 1.165) is 22.7 Å². The van der Waals surface area contributed by atoms with E-state index >= 15 is 0 Å². The molecule has 3 rings (SSSR count). The average Bonchev–Trinajstić information content (AvgIpc) is 2.91. The summed E-state index contributed by atoms with van der Waals surface area (Å²) in [5.41, 5.74) is 8.63. The van der Waals surface area contributed by atoms with Crippen molar-refractivity contribution in [2.75, 3.05) is 11.5 Å². The van der Waals surface area contributed by atoms with E-state index in [1.54, 1.807) is 0 Å². The van der Waals surface area contributed by atoms with E-state index in [1.807, 2.05) is 48.6 Å². The van der Waals surface area contributed by atoms with E-state index in [-0.39, 0.29) is 0 Å². The van der Waals surface area contributed by atoms with Gasteiger partial charge in [0.25, 0.3) is 5.89 Å². The molecule has 6 heteroatoms. The lowest BCUT2D eigenvalue weighted by molar-refractivity contribution is 0.423. The molecule has 2 N–H and O–H groups in total. The van der Waals surface area contributed by atoms with Crippen molar-refractivity contribution in [3.8, 4) is 11.5 Å². The van der Waals surface area contributed by atoms with Crippen LogP contribution < -0.4 is 5.73 Å². The number of nitrogen functional groups attached to an aromatic ring is 1. The maximum absolute atomic E-state index is 6.04. The molecule has 1 saturated heterocycles. The summed E-state index contributed by atoms with van der Waals surface area (Å²) < 4.78 is 5.46. The smallest absolute Gasteiger partial charge is 0.260 e. The number of rotatable bonds is 2. The van der Waals surface area contributed by atoms with Crippen LogP contribution >= 0.6 is 23.5 Å². The molecular formula is C15H19N3OS2. The third-order valence-corrected chi connectivity index (χ3v) is 7.19. The van der Waals surface area contributed by atoms with Crippen molar-refractivity contribution in [2.24, 2.45) is 0 Å². The van der Waals surface area contributed by atoms with E-state index in [0.29, 0.717) is 27.3 Å². The van der Waals surface area contributed by atoms with Crippen LogP contribution in [0.2, 0.25) is 0 Å². The second kappa shape index (κ2) is 5.93. The zero-order valence-electron chi connectivity index (χ0n) is 12.4. The number of anilines is 1. The van der Waals surface area contributed by atoms with Gasteiger partial charge in [0.05, 0.1) is 10.8 Å². The number of hydrogen-bond acceptors (Lipinski definition) is 6. The van der Waals surface area contributed by atoms with Gasteiger partial charge in [-0.05, 0) is 18.6 Å². The first-order chi connectivity index (χ1) is 10.1. The number of hydrogen-bond donors (Lipinski definition) is 1. The summed E-state index contributed by atoms with van der Waals surface area (Å²) in [5.74, 6) is 2.33. The Morgan fingerprint density at radius 1 is 1.29 bits per heavy atom. The molecule has 1 aromatic carbocycles. The van der Waals surface area contributed by atoms with E-state index in [9.17, 15) is 0 Å². The zero-order valence-corrected chi connectivity index (χ0v) is 14.0. The van der Waals surface area contributed by atoms with Gasteiger partial charge >= 0.3 is 0 Å². The molecule has 1 aliphatic heterocycles. The van der Waals surface area contributed by atoms with E-state index in [1.165, 1.54) is 0 Å². The van der Waals surface area contributed by atoms with Gasteiger partial charge in [0.1, 0.15) is 0 Å². The molecule has 1 aliphatic rings. The molecule has 0 bridgehead atoms. The lowest BCUT2D eigenvalue weighted by Gasteiger charge is -2.29. The minimum atomic E-state index is 0.295. The average molecular weight is 321 g/mol. The number of nitrogens with zero attached hydrogens (tertiary/aromatic N) is 2. The number of aryl methyl sites for hydroxylation is 1. The molecule has 1 aromatic heterocycles. The number of nitrogens with two attached hydrogens (primary N) is 1. The largest absolute Gasteiger partial charge is 0.398 e. The van der Waals surface area contributed by atoms with Crippen LogP contribution in [-0.4, -0.2) is 26.4 Å². The van der Waals surface area contributed by atoms with Crippen molar-refractivity contribution >= 4 is 29.2 Å². The minimum absolute atomic E-state index is 0.295. The van der Waals surface area contributed by atoms with E-state index in [4.69, 9.17) is 10.3 Å². The number of aromatic nitrogens is 2. The molecule has 2 aromatic rings. The molecule has 0 amide bonds. The number of benzene rings is 1. The highest BCUT2D eigenvalue weighted by molar-refractivity contribution is 8.07. The maximum atomic E-state index is 6.04. The van der Waals surface area contributed by atoms with Gasteiger partial charge in [-0.1, -0.05) is 31.1 Å². The fraction of sp³-hybridized carbons (Fsp3) is 0.467. The van der Waals surface area contributed by atoms with Crippen molar-refractivity contribution in [3.63, 3.8) is 0 Å². The molecule has 0 radical (unpaired) electrons. The van der Waals surface area contributed by atoms with Crippen molar-refractivity contribution in [2.45, 2.75) is 36.5 Å². The monoisotopic (exact) mass is 321 g/mol. The lowest BCUT2D eigenvalue weighted by atomic mass is 10.1. The van der Waals surface area contributed by atoms with Gasteiger partial charge < -0.3 is 10.3 Å². The Kier molecular flexibility index (Phi) is 4.17. The minimum Gasteiger partial charge on any atom is -0.398 e. The van der Waals surface area contributed by atoms with Gasteiger partial charge in [-0.2, -0.15) is 16.7 Å². The topological polar surface area (TPSA) is 64.9 Å². The first kappa shape index (κ1) is 14.8. The highest BCUT2D eigenvalue weighted by Gasteiger charge is 2.30. The predicted molar refractivity (Wildman–Crippen MR) is 90.6 cm³/mol. The summed E-state index contributed by atoms with van der Waals surface area (Å²) in [6, 6.07) is 5.80. The Bertz CT molecular complexity index is 623. The molecule has 112 valence electrons. The SMILES string of the molecule is Cc1cccc(N)c1-c1nc(C2CSC(C)C(C)S2)no1. The van der Waals surface area contributed by atoms with Crippen LogP contribution in [0.4, 0.5) is 5.69 Å². The summed E-state index contributed by atoms with van der Waals surface area (Å²) in [6.45, 7) is 6.54. The van der Waals surface area contributed by atoms with Gasteiger partial charge in [-0.25, -0.2) is 0 Å². The Hall–Kier alpha value is -1.14. The summed E-state index contributed by atoms with van der Waals surface area (Å²) in [6.07, 6.45) is 0. The second-order valence-electron chi connectivity index (χ2n) is 5.37. The Morgan fingerprint density at radius 3 is 2.81 bits per heavy atom. The number of thioether (sulfide) groups is 2. The fourth-order valence-corrected chi connectivity index (χ4v) is 5.20. The van der Waals surface area contributed by atoms with Gasteiger partial charge in [0.2, 0.25) is 0 Å². The third-order valence-electron chi connectivity index (χ3n) is 3.80. The molecule has 3 atom stereocenters. The molecular weight excluding hydrogens is 302 g/mol. The second-order valence-corrected chi connectivity index (χ2v) is 8.36. The standard InChI is InChI=1S/C15H19N3OS2/c1-8-5-4-6-11(16)13(8)15-17-14(18-19-15)12-7-20-9(2)10(3)21-12/h4-6,9-10,12H,7,16H2,1-3H3. The molecule has 2 heterocycles. The first-order valence-corrected chi connectivity index (χ1v) is 9.01. The van der Waals surface area contributed by atoms with Crippen LogP contribution in [-0.2, 0) is 0 Å². The highest BCUT2D eigenvalue weighted by Crippen LogP contribution is 2.43. The first-order valence-electron chi connectivity index (χ1n) is 7.02. The Balaban J connectivity index is 1.87. The quantitative estimate of drug-likeness (QED) is 0.846. The molecule has 0 saturated carbocycles. The molecule has 21 heavy (non-hydrogen) atoms. The van der Waals surface area contributed by atoms with E-state index < -0.39 is 0 Å². The highest BCUT2D eigenvalue weighted by atomic mass is 32.2. The zero-order chi connectivity index (χ0) is 15.0. The summed E-state index contributed by atoms with van der Waals surface area (Å²) in [5, 5.41) is 5.74. The van der Waals surface area contributed by atoms with Crippen LogP contribution in [0.25, 0.3) is 11.5 Å². The Morgan fingerprint density at radius 2 is 2.10 bits per heavy atom. The third kappa shape index (κ3) is 2.92. The maximum Gasteiger partial charge on any atom is 0.260 e. The van der Waals surface area contributed by atoms with Gasteiger partial charge in [0, 0.05) is 21.9 Å². The molecule has 4 nitrogen and oxygen atoms in total. The molecule has 0 aliphatic carbocycles. The van der Waals surface area contributed by atoms with Crippen LogP contribution in [0.1, 0.15) is 30.5 Å². The molecule has 1 fully saturated rings. The van der Waals surface area contributed by atoms with Crippen LogP contribution in [0.5, 0.6) is 0 Å². The van der Waals surface area contributed by atoms with Gasteiger partial charge in [-0.3, -0.25) is 0 Å². The van der Waals surface area contributed by atoms with Crippen molar-refractivity contribution in [1.29, 1.82) is 0 Å². The normalized spacial score (nSPS) is 26.0. The predicted octanol–water partition coefficient (Wildman–Crippen LogP) is 3.93. The van der Waals surface area contributed by atoms with Crippen LogP contribution in [0.15, 0.2) is 22.7 Å². The Labute approximate surface area is 133 Å². The van der Waals surface area contributed by atoms with Gasteiger partial charge in [-0.15, -0.1) is 11.8 Å². The lowest BCUT2D eigenvalue weighted by Crippen LogP contribution is -2.22. The van der Waals surface area contributed by atoms with Crippen molar-refractivity contribution < 1.29 is 4.52 Å². The summed E-state index contributed by atoms with van der Waals surface area (Å²) >= 11 is 3.90. The summed E-state index contributed by atoms with van der Waals surface area (Å²) in [7, 11) is 0. The van der Waals surface area contributed by atoms with E-state index in [2.05, 4.69) is 24.0 Å². The summed E-state index contributed by atoms with van der Waals surface area (Å²) in [4.78, 5) is 4.59. The fourth-order valence-electron chi connectivity index (χ4n) is 2.37. The molecule has 3 unspecified atom stereocenters. The van der Waals surface area contributed by atoms with Crippen LogP contribution in [0.3, 0.4) is 0 Å². The van der Waals surface area contributed by atoms with Crippen LogP contribution in [0, 0.1) is 6.92 Å².